The molecule has 1 heterocycles. The minimum atomic E-state index is -4.29. The molecule has 1 saturated heterocycles. The van der Waals surface area contributed by atoms with Crippen molar-refractivity contribution in [2.24, 2.45) is 0 Å². The smallest absolute Gasteiger partial charge is 0.301 e. The molecule has 1 aliphatic rings. The van der Waals surface area contributed by atoms with Crippen LogP contribution in [0.1, 0.15) is 44.4 Å². The van der Waals surface area contributed by atoms with E-state index in [0.717, 1.165) is 43.9 Å². The number of alkyl halides is 3. The number of piperazine rings is 1. The van der Waals surface area contributed by atoms with Gasteiger partial charge in [0.15, 0.2) is 0 Å². The molecule has 5 heteroatoms. The van der Waals surface area contributed by atoms with Crippen LogP contribution in [0, 0.1) is 0 Å². The molecule has 130 valence electrons. The Morgan fingerprint density at radius 2 is 1.39 bits per heavy atom. The van der Waals surface area contributed by atoms with Gasteiger partial charge in [0, 0.05) is 32.7 Å². The highest BCUT2D eigenvalue weighted by Crippen LogP contribution is 2.34. The van der Waals surface area contributed by atoms with Gasteiger partial charge in [0.1, 0.15) is 0 Å². The lowest BCUT2D eigenvalue weighted by molar-refractivity contribution is -0.137. The summed E-state index contributed by atoms with van der Waals surface area (Å²) in [6.07, 6.45) is -4.29. The third-order valence-electron chi connectivity index (χ3n) is 4.50. The van der Waals surface area contributed by atoms with Crippen LogP contribution in [0.25, 0.3) is 0 Å². The number of likely N-dealkylation sites (N-methyl/N-ethyl adjacent to an activating group) is 1. The molecule has 2 nitrogen and oxygen atoms in total. The van der Waals surface area contributed by atoms with Crippen LogP contribution in [0.4, 0.5) is 13.2 Å². The Morgan fingerprint density at radius 3 is 1.87 bits per heavy atom. The van der Waals surface area contributed by atoms with Crippen LogP contribution in [0.3, 0.4) is 0 Å². The highest BCUT2D eigenvalue weighted by Gasteiger charge is 2.32. The number of halogens is 3. The van der Waals surface area contributed by atoms with E-state index in [1.54, 1.807) is 0 Å². The summed E-state index contributed by atoms with van der Waals surface area (Å²) < 4.78 is 39.6. The van der Waals surface area contributed by atoms with Gasteiger partial charge >= 0.3 is 6.18 Å². The quantitative estimate of drug-likeness (QED) is 0.823. The van der Waals surface area contributed by atoms with Gasteiger partial charge in [-0.3, -0.25) is 4.90 Å². The van der Waals surface area contributed by atoms with Crippen molar-refractivity contribution >= 4 is 0 Å². The second-order valence-corrected chi connectivity index (χ2v) is 7.38. The molecule has 0 spiro atoms. The second-order valence-electron chi connectivity index (χ2n) is 7.38. The fraction of sp³-hybridized carbons (Fsp3) is 0.667. The minimum absolute atomic E-state index is 0.295. The summed E-state index contributed by atoms with van der Waals surface area (Å²) in [6, 6.07) is 4.53. The zero-order chi connectivity index (χ0) is 17.3. The average Bonchev–Trinajstić information content (AvgIpc) is 2.46. The van der Waals surface area contributed by atoms with Crippen molar-refractivity contribution in [3.63, 3.8) is 0 Å². The second kappa shape index (κ2) is 6.81. The molecule has 1 aromatic carbocycles. The van der Waals surface area contributed by atoms with Crippen LogP contribution in [-0.4, -0.2) is 42.5 Å². The Bertz CT molecular complexity index is 492. The van der Waals surface area contributed by atoms with Crippen LogP contribution in [0.5, 0.6) is 0 Å². The maximum Gasteiger partial charge on any atom is 0.416 e. The lowest BCUT2D eigenvalue weighted by atomic mass is 9.85. The fourth-order valence-corrected chi connectivity index (χ4v) is 2.90. The van der Waals surface area contributed by atoms with E-state index in [1.807, 2.05) is 26.8 Å². The molecule has 0 amide bonds. The van der Waals surface area contributed by atoms with Crippen LogP contribution in [-0.2, 0) is 18.1 Å². The molecule has 2 rings (SSSR count). The van der Waals surface area contributed by atoms with Gasteiger partial charge in [-0.05, 0) is 35.2 Å². The van der Waals surface area contributed by atoms with Gasteiger partial charge in [0.05, 0.1) is 5.56 Å². The van der Waals surface area contributed by atoms with Gasteiger partial charge in [-0.1, -0.05) is 33.8 Å². The monoisotopic (exact) mass is 328 g/mol. The Labute approximate surface area is 137 Å². The van der Waals surface area contributed by atoms with E-state index >= 15 is 0 Å². The average molecular weight is 328 g/mol. The summed E-state index contributed by atoms with van der Waals surface area (Å²) >= 11 is 0. The SMILES string of the molecule is CCN1CCN(Cc2cc(C(C)(C)C)cc(C(F)(F)F)c2)CC1. The number of rotatable bonds is 3. The van der Waals surface area contributed by atoms with E-state index in [0.29, 0.717) is 6.54 Å². The summed E-state index contributed by atoms with van der Waals surface area (Å²) in [6.45, 7) is 13.4. The molecule has 0 aliphatic carbocycles. The molecule has 23 heavy (non-hydrogen) atoms. The topological polar surface area (TPSA) is 6.48 Å². The molecular formula is C18H27F3N2. The van der Waals surface area contributed by atoms with E-state index in [9.17, 15) is 13.2 Å². The van der Waals surface area contributed by atoms with Gasteiger partial charge in [0.25, 0.3) is 0 Å². The molecule has 1 aliphatic heterocycles. The molecule has 0 saturated carbocycles. The van der Waals surface area contributed by atoms with Gasteiger partial charge in [0.2, 0.25) is 0 Å². The van der Waals surface area contributed by atoms with Crippen molar-refractivity contribution in [3.05, 3.63) is 34.9 Å². The first-order valence-electron chi connectivity index (χ1n) is 8.26. The highest BCUT2D eigenvalue weighted by atomic mass is 19.4. The van der Waals surface area contributed by atoms with Crippen LogP contribution in [0.2, 0.25) is 0 Å². The van der Waals surface area contributed by atoms with Crippen LogP contribution < -0.4 is 0 Å². The predicted octanol–water partition coefficient (Wildman–Crippen LogP) is 4.14. The molecule has 1 fully saturated rings. The zero-order valence-electron chi connectivity index (χ0n) is 14.5. The Hall–Kier alpha value is -1.07. The number of hydrogen-bond acceptors (Lipinski definition) is 2. The summed E-state index contributed by atoms with van der Waals surface area (Å²) in [5.41, 5.74) is 0.674. The summed E-state index contributed by atoms with van der Waals surface area (Å²) in [4.78, 5) is 4.61. The normalized spacial score (nSPS) is 18.4. The van der Waals surface area contributed by atoms with Crippen LogP contribution in [0.15, 0.2) is 18.2 Å². The van der Waals surface area contributed by atoms with E-state index in [2.05, 4.69) is 16.7 Å². The van der Waals surface area contributed by atoms with Crippen molar-refractivity contribution in [3.8, 4) is 0 Å². The molecule has 0 aromatic heterocycles. The summed E-state index contributed by atoms with van der Waals surface area (Å²) in [5.74, 6) is 0. The van der Waals surface area contributed by atoms with Gasteiger partial charge in [-0.25, -0.2) is 0 Å². The Morgan fingerprint density at radius 1 is 0.870 bits per heavy atom. The molecule has 0 bridgehead atoms. The first-order valence-corrected chi connectivity index (χ1v) is 8.26. The molecule has 0 atom stereocenters. The number of benzene rings is 1. The number of nitrogens with zero attached hydrogens (tertiary/aromatic N) is 2. The number of hydrogen-bond donors (Lipinski definition) is 0. The van der Waals surface area contributed by atoms with Crippen molar-refractivity contribution in [2.45, 2.75) is 45.8 Å². The summed E-state index contributed by atoms with van der Waals surface area (Å²) in [7, 11) is 0. The first-order chi connectivity index (χ1) is 10.6. The maximum atomic E-state index is 13.2. The van der Waals surface area contributed by atoms with Crippen molar-refractivity contribution < 1.29 is 13.2 Å². The summed E-state index contributed by atoms with van der Waals surface area (Å²) in [5, 5.41) is 0. The van der Waals surface area contributed by atoms with E-state index in [1.165, 1.54) is 12.1 Å². The van der Waals surface area contributed by atoms with Crippen LogP contribution >= 0.6 is 0 Å². The molecular weight excluding hydrogens is 301 g/mol. The first kappa shape index (κ1) is 18.3. The minimum Gasteiger partial charge on any atom is -0.301 e. The lowest BCUT2D eigenvalue weighted by Crippen LogP contribution is -2.45. The van der Waals surface area contributed by atoms with E-state index in [-0.39, 0.29) is 5.41 Å². The maximum absolute atomic E-state index is 13.2. The zero-order valence-corrected chi connectivity index (χ0v) is 14.5. The van der Waals surface area contributed by atoms with Crippen molar-refractivity contribution in [2.75, 3.05) is 32.7 Å². The Balaban J connectivity index is 2.21. The lowest BCUT2D eigenvalue weighted by Gasteiger charge is -2.34. The third kappa shape index (κ3) is 4.95. The van der Waals surface area contributed by atoms with E-state index < -0.39 is 11.7 Å². The van der Waals surface area contributed by atoms with Gasteiger partial charge < -0.3 is 4.90 Å². The molecule has 0 radical (unpaired) electrons. The van der Waals surface area contributed by atoms with Gasteiger partial charge in [-0.15, -0.1) is 0 Å². The molecule has 1 aromatic rings. The van der Waals surface area contributed by atoms with Gasteiger partial charge in [-0.2, -0.15) is 13.2 Å². The highest BCUT2D eigenvalue weighted by molar-refractivity contribution is 5.35. The fourth-order valence-electron chi connectivity index (χ4n) is 2.90. The molecule has 0 unspecified atom stereocenters. The predicted molar refractivity (Wildman–Crippen MR) is 87.5 cm³/mol. The van der Waals surface area contributed by atoms with Crippen molar-refractivity contribution in [1.29, 1.82) is 0 Å². The standard InChI is InChI=1S/C18H27F3N2/c1-5-22-6-8-23(9-7-22)13-14-10-15(17(2,3)4)12-16(11-14)18(19,20)21/h10-12H,5-9,13H2,1-4H3. The van der Waals surface area contributed by atoms with Crippen molar-refractivity contribution in [1.82, 2.24) is 9.80 Å². The third-order valence-corrected chi connectivity index (χ3v) is 4.50. The Kier molecular flexibility index (Phi) is 5.41. The largest absolute Gasteiger partial charge is 0.416 e. The molecule has 0 N–H and O–H groups in total. The van der Waals surface area contributed by atoms with E-state index in [4.69, 9.17) is 0 Å².